The molecule has 0 radical (unpaired) electrons. The van der Waals surface area contributed by atoms with Crippen LogP contribution in [0.1, 0.15) is 21.5 Å². The molecule has 0 spiro atoms. The monoisotopic (exact) mass is 272 g/mol. The van der Waals surface area contributed by atoms with Gasteiger partial charge in [0.1, 0.15) is 5.82 Å². The Bertz CT molecular complexity index is 626. The first-order chi connectivity index (χ1) is 9.63. The van der Waals surface area contributed by atoms with Crippen LogP contribution in [-0.2, 0) is 6.54 Å². The molecule has 20 heavy (non-hydrogen) atoms. The molecule has 0 aromatic heterocycles. The molecule has 0 aliphatic rings. The standard InChI is InChI=1S/C16H17FN2O/c1-11-6-3-4-7-12(11)10-19-16(20)13-8-5-9-14(17)15(13)18-2/h3-9,18H,10H2,1-2H3,(H,19,20). The lowest BCUT2D eigenvalue weighted by atomic mass is 10.1. The molecule has 0 bridgehead atoms. The summed E-state index contributed by atoms with van der Waals surface area (Å²) in [6, 6.07) is 12.3. The van der Waals surface area contributed by atoms with Gasteiger partial charge < -0.3 is 10.6 Å². The number of halogens is 1. The maximum absolute atomic E-state index is 13.6. The summed E-state index contributed by atoms with van der Waals surface area (Å²) in [5, 5.41) is 5.53. The van der Waals surface area contributed by atoms with Gasteiger partial charge in [-0.1, -0.05) is 30.3 Å². The van der Waals surface area contributed by atoms with Crippen molar-refractivity contribution >= 4 is 11.6 Å². The van der Waals surface area contributed by atoms with Crippen molar-refractivity contribution in [2.45, 2.75) is 13.5 Å². The fraction of sp³-hybridized carbons (Fsp3) is 0.188. The second kappa shape index (κ2) is 6.19. The predicted molar refractivity (Wildman–Crippen MR) is 78.3 cm³/mol. The Morgan fingerprint density at radius 1 is 1.15 bits per heavy atom. The molecule has 2 aromatic rings. The number of hydrogen-bond donors (Lipinski definition) is 2. The van der Waals surface area contributed by atoms with Crippen LogP contribution in [-0.4, -0.2) is 13.0 Å². The molecule has 2 N–H and O–H groups in total. The van der Waals surface area contributed by atoms with Crippen molar-refractivity contribution < 1.29 is 9.18 Å². The predicted octanol–water partition coefficient (Wildman–Crippen LogP) is 3.11. The quantitative estimate of drug-likeness (QED) is 0.898. The number of amides is 1. The van der Waals surface area contributed by atoms with E-state index in [9.17, 15) is 9.18 Å². The van der Waals surface area contributed by atoms with E-state index < -0.39 is 5.82 Å². The van der Waals surface area contributed by atoms with Crippen molar-refractivity contribution in [3.63, 3.8) is 0 Å². The Kier molecular flexibility index (Phi) is 4.35. The molecule has 0 saturated heterocycles. The molecule has 0 aliphatic heterocycles. The number of hydrogen-bond acceptors (Lipinski definition) is 2. The minimum Gasteiger partial charge on any atom is -0.385 e. The lowest BCUT2D eigenvalue weighted by molar-refractivity contribution is 0.0951. The van der Waals surface area contributed by atoms with E-state index in [4.69, 9.17) is 0 Å². The van der Waals surface area contributed by atoms with Crippen LogP contribution in [0, 0.1) is 12.7 Å². The van der Waals surface area contributed by atoms with Crippen LogP contribution in [0.5, 0.6) is 0 Å². The average molecular weight is 272 g/mol. The molecule has 0 heterocycles. The van der Waals surface area contributed by atoms with Gasteiger partial charge >= 0.3 is 0 Å². The Hall–Kier alpha value is -2.36. The highest BCUT2D eigenvalue weighted by Crippen LogP contribution is 2.19. The SMILES string of the molecule is CNc1c(F)cccc1C(=O)NCc1ccccc1C. The van der Waals surface area contributed by atoms with Crippen LogP contribution in [0.4, 0.5) is 10.1 Å². The van der Waals surface area contributed by atoms with Gasteiger partial charge in [0.25, 0.3) is 5.91 Å². The number of aryl methyl sites for hydroxylation is 1. The molecular weight excluding hydrogens is 255 g/mol. The van der Waals surface area contributed by atoms with Gasteiger partial charge in [-0.3, -0.25) is 4.79 Å². The van der Waals surface area contributed by atoms with Gasteiger partial charge in [0, 0.05) is 13.6 Å². The van der Waals surface area contributed by atoms with Crippen molar-refractivity contribution in [1.82, 2.24) is 5.32 Å². The number of benzene rings is 2. The average Bonchev–Trinajstić information content (AvgIpc) is 2.46. The molecule has 0 saturated carbocycles. The van der Waals surface area contributed by atoms with Gasteiger partial charge in [0.2, 0.25) is 0 Å². The minimum atomic E-state index is -0.434. The van der Waals surface area contributed by atoms with E-state index in [0.717, 1.165) is 11.1 Å². The Morgan fingerprint density at radius 2 is 1.90 bits per heavy atom. The zero-order valence-corrected chi connectivity index (χ0v) is 11.5. The molecule has 0 unspecified atom stereocenters. The smallest absolute Gasteiger partial charge is 0.253 e. The van der Waals surface area contributed by atoms with Gasteiger partial charge in [-0.2, -0.15) is 0 Å². The summed E-state index contributed by atoms with van der Waals surface area (Å²) in [4.78, 5) is 12.1. The van der Waals surface area contributed by atoms with Gasteiger partial charge in [-0.25, -0.2) is 4.39 Å². The number of nitrogens with one attached hydrogen (secondary N) is 2. The lowest BCUT2D eigenvalue weighted by Gasteiger charge is -2.11. The molecule has 0 aliphatic carbocycles. The number of carbonyl (C=O) groups excluding carboxylic acids is 1. The maximum Gasteiger partial charge on any atom is 0.253 e. The van der Waals surface area contributed by atoms with E-state index in [1.165, 1.54) is 12.1 Å². The van der Waals surface area contributed by atoms with E-state index in [1.54, 1.807) is 13.1 Å². The zero-order chi connectivity index (χ0) is 14.5. The maximum atomic E-state index is 13.6. The van der Waals surface area contributed by atoms with Crippen LogP contribution in [0.15, 0.2) is 42.5 Å². The summed E-state index contributed by atoms with van der Waals surface area (Å²) in [6.07, 6.45) is 0. The largest absolute Gasteiger partial charge is 0.385 e. The van der Waals surface area contributed by atoms with E-state index in [0.29, 0.717) is 12.1 Å². The topological polar surface area (TPSA) is 41.1 Å². The van der Waals surface area contributed by atoms with Crippen LogP contribution in [0.2, 0.25) is 0 Å². The molecule has 4 heteroatoms. The highest BCUT2D eigenvalue weighted by atomic mass is 19.1. The summed E-state index contributed by atoms with van der Waals surface area (Å²) in [7, 11) is 1.59. The fourth-order valence-corrected chi connectivity index (χ4v) is 2.05. The van der Waals surface area contributed by atoms with Crippen LogP contribution in [0.25, 0.3) is 0 Å². The molecule has 3 nitrogen and oxygen atoms in total. The first-order valence-electron chi connectivity index (χ1n) is 6.42. The highest BCUT2D eigenvalue weighted by molar-refractivity contribution is 5.99. The van der Waals surface area contributed by atoms with E-state index in [1.807, 2.05) is 31.2 Å². The van der Waals surface area contributed by atoms with Gasteiger partial charge in [-0.15, -0.1) is 0 Å². The van der Waals surface area contributed by atoms with E-state index >= 15 is 0 Å². The number of carbonyl (C=O) groups is 1. The molecule has 2 rings (SSSR count). The van der Waals surface area contributed by atoms with Crippen LogP contribution < -0.4 is 10.6 Å². The van der Waals surface area contributed by atoms with Crippen LogP contribution in [0.3, 0.4) is 0 Å². The van der Waals surface area contributed by atoms with E-state index in [-0.39, 0.29) is 11.6 Å². The zero-order valence-electron chi connectivity index (χ0n) is 11.5. The molecular formula is C16H17FN2O. The summed E-state index contributed by atoms with van der Waals surface area (Å²) in [5.41, 5.74) is 2.68. The Labute approximate surface area is 117 Å². The number of anilines is 1. The van der Waals surface area contributed by atoms with E-state index in [2.05, 4.69) is 10.6 Å². The van der Waals surface area contributed by atoms with Crippen molar-refractivity contribution in [3.8, 4) is 0 Å². The lowest BCUT2D eigenvalue weighted by Crippen LogP contribution is -2.24. The van der Waals surface area contributed by atoms with Gasteiger partial charge in [0.05, 0.1) is 11.3 Å². The molecule has 104 valence electrons. The van der Waals surface area contributed by atoms with Crippen molar-refractivity contribution in [2.75, 3.05) is 12.4 Å². The van der Waals surface area contributed by atoms with Crippen molar-refractivity contribution in [3.05, 3.63) is 65.0 Å². The van der Waals surface area contributed by atoms with Crippen LogP contribution >= 0.6 is 0 Å². The van der Waals surface area contributed by atoms with Gasteiger partial charge in [0.15, 0.2) is 0 Å². The first kappa shape index (κ1) is 14.1. The fourth-order valence-electron chi connectivity index (χ4n) is 2.05. The molecule has 1 amide bonds. The number of rotatable bonds is 4. The third-order valence-electron chi connectivity index (χ3n) is 3.21. The summed E-state index contributed by atoms with van der Waals surface area (Å²) in [6.45, 7) is 2.41. The normalized spacial score (nSPS) is 10.2. The third kappa shape index (κ3) is 2.96. The Balaban J connectivity index is 2.14. The minimum absolute atomic E-state index is 0.217. The van der Waals surface area contributed by atoms with Crippen molar-refractivity contribution in [1.29, 1.82) is 0 Å². The molecule has 2 aromatic carbocycles. The Morgan fingerprint density at radius 3 is 2.60 bits per heavy atom. The summed E-state index contributed by atoms with van der Waals surface area (Å²) in [5.74, 6) is -0.729. The second-order valence-electron chi connectivity index (χ2n) is 4.52. The first-order valence-corrected chi connectivity index (χ1v) is 6.42. The van der Waals surface area contributed by atoms with Gasteiger partial charge in [-0.05, 0) is 30.2 Å². The summed E-state index contributed by atoms with van der Waals surface area (Å²) < 4.78 is 13.6. The third-order valence-corrected chi connectivity index (χ3v) is 3.21. The van der Waals surface area contributed by atoms with Crippen molar-refractivity contribution in [2.24, 2.45) is 0 Å². The molecule has 0 atom stereocenters. The summed E-state index contributed by atoms with van der Waals surface area (Å²) >= 11 is 0. The highest BCUT2D eigenvalue weighted by Gasteiger charge is 2.13. The number of para-hydroxylation sites is 1. The molecule has 0 fully saturated rings. The second-order valence-corrected chi connectivity index (χ2v) is 4.52.